The normalized spacial score (nSPS) is 37.9. The van der Waals surface area contributed by atoms with Gasteiger partial charge < -0.3 is 14.8 Å². The van der Waals surface area contributed by atoms with Gasteiger partial charge in [0.05, 0.1) is 25.4 Å². The Bertz CT molecular complexity index is 221. The van der Waals surface area contributed by atoms with Crippen molar-refractivity contribution in [3.05, 3.63) is 0 Å². The molecule has 0 aromatic rings. The molecular formula is C13H26N2O2. The molecule has 0 saturated carbocycles. The van der Waals surface area contributed by atoms with E-state index in [0.29, 0.717) is 24.3 Å². The summed E-state index contributed by atoms with van der Waals surface area (Å²) in [6.07, 6.45) is 1.88. The Morgan fingerprint density at radius 3 is 2.59 bits per heavy atom. The van der Waals surface area contributed by atoms with Gasteiger partial charge in [0.2, 0.25) is 0 Å². The van der Waals surface area contributed by atoms with E-state index in [9.17, 15) is 0 Å². The van der Waals surface area contributed by atoms with Gasteiger partial charge in [0.1, 0.15) is 0 Å². The zero-order chi connectivity index (χ0) is 12.3. The van der Waals surface area contributed by atoms with Crippen molar-refractivity contribution in [2.75, 3.05) is 32.8 Å². The topological polar surface area (TPSA) is 33.7 Å². The summed E-state index contributed by atoms with van der Waals surface area (Å²) in [5.41, 5.74) is 0. The number of nitrogens with zero attached hydrogens (tertiary/aromatic N) is 1. The van der Waals surface area contributed by atoms with E-state index < -0.39 is 0 Å². The lowest BCUT2D eigenvalue weighted by Gasteiger charge is -2.40. The van der Waals surface area contributed by atoms with E-state index >= 15 is 0 Å². The Labute approximate surface area is 105 Å². The molecule has 0 bridgehead atoms. The summed E-state index contributed by atoms with van der Waals surface area (Å²) in [6.45, 7) is 11.5. The van der Waals surface area contributed by atoms with Crippen LogP contribution >= 0.6 is 0 Å². The zero-order valence-corrected chi connectivity index (χ0v) is 11.3. The fraction of sp³-hybridized carbons (Fsp3) is 1.00. The number of rotatable bonds is 3. The summed E-state index contributed by atoms with van der Waals surface area (Å²) in [5.74, 6) is 0. The molecule has 2 aliphatic heterocycles. The number of morpholine rings is 2. The van der Waals surface area contributed by atoms with Gasteiger partial charge in [-0.3, -0.25) is 4.90 Å². The van der Waals surface area contributed by atoms with Crippen LogP contribution in [-0.2, 0) is 9.47 Å². The summed E-state index contributed by atoms with van der Waals surface area (Å²) in [5, 5.41) is 3.53. The van der Waals surface area contributed by atoms with Crippen molar-refractivity contribution in [2.24, 2.45) is 0 Å². The number of hydrogen-bond acceptors (Lipinski definition) is 4. The molecule has 4 nitrogen and oxygen atoms in total. The van der Waals surface area contributed by atoms with Crippen molar-refractivity contribution in [3.63, 3.8) is 0 Å². The molecule has 0 radical (unpaired) electrons. The third kappa shape index (κ3) is 3.91. The van der Waals surface area contributed by atoms with Crippen molar-refractivity contribution in [2.45, 2.75) is 51.5 Å². The lowest BCUT2D eigenvalue weighted by atomic mass is 10.0. The van der Waals surface area contributed by atoms with Gasteiger partial charge in [0.15, 0.2) is 0 Å². The molecule has 4 heteroatoms. The molecule has 0 aromatic carbocycles. The second kappa shape index (κ2) is 6.14. The summed E-state index contributed by atoms with van der Waals surface area (Å²) < 4.78 is 11.3. The van der Waals surface area contributed by atoms with Crippen molar-refractivity contribution >= 4 is 0 Å². The van der Waals surface area contributed by atoms with Gasteiger partial charge in [0, 0.05) is 31.7 Å². The number of nitrogens with one attached hydrogen (secondary N) is 1. The summed E-state index contributed by atoms with van der Waals surface area (Å²) >= 11 is 0. The molecule has 2 saturated heterocycles. The zero-order valence-electron chi connectivity index (χ0n) is 11.3. The van der Waals surface area contributed by atoms with Gasteiger partial charge in [-0.25, -0.2) is 0 Å². The van der Waals surface area contributed by atoms with Crippen molar-refractivity contribution in [1.82, 2.24) is 10.2 Å². The van der Waals surface area contributed by atoms with Crippen LogP contribution in [0.15, 0.2) is 0 Å². The molecule has 0 spiro atoms. The predicted octanol–water partition coefficient (Wildman–Crippen LogP) is 0.863. The first-order chi connectivity index (χ1) is 8.15. The quantitative estimate of drug-likeness (QED) is 0.796. The minimum Gasteiger partial charge on any atom is -0.379 e. The first kappa shape index (κ1) is 13.3. The summed E-state index contributed by atoms with van der Waals surface area (Å²) in [4.78, 5) is 2.55. The van der Waals surface area contributed by atoms with Gasteiger partial charge >= 0.3 is 0 Å². The van der Waals surface area contributed by atoms with Gasteiger partial charge in [-0.15, -0.1) is 0 Å². The first-order valence-electron chi connectivity index (χ1n) is 6.85. The van der Waals surface area contributed by atoms with Gasteiger partial charge in [-0.1, -0.05) is 0 Å². The van der Waals surface area contributed by atoms with Gasteiger partial charge in [-0.2, -0.15) is 0 Å². The maximum Gasteiger partial charge on any atom is 0.0678 e. The predicted molar refractivity (Wildman–Crippen MR) is 68.3 cm³/mol. The Morgan fingerprint density at radius 2 is 2.00 bits per heavy atom. The third-order valence-corrected chi connectivity index (χ3v) is 3.70. The van der Waals surface area contributed by atoms with Crippen LogP contribution in [0.25, 0.3) is 0 Å². The number of ether oxygens (including phenoxy) is 2. The second-order valence-electron chi connectivity index (χ2n) is 5.52. The second-order valence-corrected chi connectivity index (χ2v) is 5.52. The molecule has 2 rings (SSSR count). The molecule has 2 unspecified atom stereocenters. The van der Waals surface area contributed by atoms with E-state index in [0.717, 1.165) is 32.8 Å². The van der Waals surface area contributed by atoms with Crippen LogP contribution < -0.4 is 5.32 Å². The van der Waals surface area contributed by atoms with Crippen LogP contribution in [0, 0.1) is 0 Å². The summed E-state index contributed by atoms with van der Waals surface area (Å²) in [6, 6.07) is 1.12. The molecule has 17 heavy (non-hydrogen) atoms. The average molecular weight is 242 g/mol. The van der Waals surface area contributed by atoms with Crippen LogP contribution in [0.3, 0.4) is 0 Å². The van der Waals surface area contributed by atoms with Crippen LogP contribution in [-0.4, -0.2) is 62.0 Å². The number of hydrogen-bond donors (Lipinski definition) is 1. The highest BCUT2D eigenvalue weighted by atomic mass is 16.5. The lowest BCUT2D eigenvalue weighted by Crippen LogP contribution is -2.52. The molecular weight excluding hydrogens is 216 g/mol. The highest BCUT2D eigenvalue weighted by Crippen LogP contribution is 2.16. The third-order valence-electron chi connectivity index (χ3n) is 3.70. The first-order valence-corrected chi connectivity index (χ1v) is 6.85. The van der Waals surface area contributed by atoms with Crippen molar-refractivity contribution in [3.8, 4) is 0 Å². The van der Waals surface area contributed by atoms with Crippen LogP contribution in [0.2, 0.25) is 0 Å². The summed E-state index contributed by atoms with van der Waals surface area (Å²) in [7, 11) is 0. The molecule has 0 amide bonds. The van der Waals surface area contributed by atoms with Crippen LogP contribution in [0.1, 0.15) is 27.2 Å². The molecule has 1 N–H and O–H groups in total. The van der Waals surface area contributed by atoms with E-state index in [2.05, 4.69) is 31.0 Å². The fourth-order valence-corrected chi connectivity index (χ4v) is 2.91. The highest BCUT2D eigenvalue weighted by molar-refractivity contribution is 4.82. The molecule has 4 atom stereocenters. The SMILES string of the molecule is CC(CC1COCCN1)N1C[C@@H](C)O[C@@H](C)C1. The van der Waals surface area contributed by atoms with Crippen molar-refractivity contribution < 1.29 is 9.47 Å². The van der Waals surface area contributed by atoms with E-state index in [4.69, 9.17) is 9.47 Å². The Morgan fingerprint density at radius 1 is 1.29 bits per heavy atom. The van der Waals surface area contributed by atoms with Gasteiger partial charge in [-0.05, 0) is 27.2 Å². The van der Waals surface area contributed by atoms with Crippen LogP contribution in [0.4, 0.5) is 0 Å². The minimum atomic E-state index is 0.358. The Balaban J connectivity index is 1.79. The van der Waals surface area contributed by atoms with E-state index in [1.807, 2.05) is 0 Å². The Kier molecular flexibility index (Phi) is 4.79. The van der Waals surface area contributed by atoms with E-state index in [1.54, 1.807) is 0 Å². The standard InChI is InChI=1S/C13H26N2O2/c1-10(6-13-9-16-5-4-14-13)15-7-11(2)17-12(3)8-15/h10-14H,4-9H2,1-3H3/t10?,11-,12+,13?. The molecule has 0 aromatic heterocycles. The fourth-order valence-electron chi connectivity index (χ4n) is 2.91. The largest absolute Gasteiger partial charge is 0.379 e. The molecule has 2 fully saturated rings. The highest BCUT2D eigenvalue weighted by Gasteiger charge is 2.27. The van der Waals surface area contributed by atoms with Gasteiger partial charge in [0.25, 0.3) is 0 Å². The van der Waals surface area contributed by atoms with Crippen LogP contribution in [0.5, 0.6) is 0 Å². The lowest BCUT2D eigenvalue weighted by molar-refractivity contribution is -0.0812. The average Bonchev–Trinajstić information content (AvgIpc) is 2.29. The molecule has 2 aliphatic rings. The maximum atomic E-state index is 5.77. The maximum absolute atomic E-state index is 5.77. The van der Waals surface area contributed by atoms with E-state index in [-0.39, 0.29) is 0 Å². The molecule has 100 valence electrons. The van der Waals surface area contributed by atoms with E-state index in [1.165, 1.54) is 6.42 Å². The minimum absolute atomic E-state index is 0.358. The molecule has 2 heterocycles. The van der Waals surface area contributed by atoms with Crippen molar-refractivity contribution in [1.29, 1.82) is 0 Å². The monoisotopic (exact) mass is 242 g/mol. The smallest absolute Gasteiger partial charge is 0.0678 e. The Hall–Kier alpha value is -0.160. The molecule has 0 aliphatic carbocycles.